The van der Waals surface area contributed by atoms with Gasteiger partial charge in [-0.05, 0) is 49.7 Å². The van der Waals surface area contributed by atoms with Gasteiger partial charge in [-0.25, -0.2) is 0 Å². The van der Waals surface area contributed by atoms with E-state index in [0.29, 0.717) is 6.54 Å². The zero-order chi connectivity index (χ0) is 13.2. The summed E-state index contributed by atoms with van der Waals surface area (Å²) in [4.78, 5) is 14.7. The number of Topliss-reactive ketones (excluding diaryl/α,β-unsaturated/α-hetero) is 1. The molecular weight excluding hydrogens is 302 g/mol. The van der Waals surface area contributed by atoms with Gasteiger partial charge in [-0.15, -0.1) is 0 Å². The first-order chi connectivity index (χ1) is 9.20. The summed E-state index contributed by atoms with van der Waals surface area (Å²) in [6, 6.07) is 7.72. The van der Waals surface area contributed by atoms with Gasteiger partial charge >= 0.3 is 0 Å². The molecule has 2 saturated carbocycles. The zero-order valence-electron chi connectivity index (χ0n) is 11.1. The van der Waals surface area contributed by atoms with Gasteiger partial charge in [-0.2, -0.15) is 0 Å². The summed E-state index contributed by atoms with van der Waals surface area (Å²) in [5.41, 5.74) is 0.833. The molecule has 0 amide bonds. The van der Waals surface area contributed by atoms with Gasteiger partial charge in [0.05, 0.1) is 6.54 Å². The van der Waals surface area contributed by atoms with E-state index in [1.54, 1.807) is 0 Å². The molecule has 0 aliphatic heterocycles. The molecule has 2 aliphatic carbocycles. The molecule has 3 rings (SSSR count). The van der Waals surface area contributed by atoms with Crippen LogP contribution in [0, 0.1) is 11.8 Å². The fourth-order valence-corrected chi connectivity index (χ4v) is 2.73. The molecule has 1 aromatic carbocycles. The molecule has 2 fully saturated rings. The van der Waals surface area contributed by atoms with Crippen molar-refractivity contribution in [2.24, 2.45) is 11.8 Å². The lowest BCUT2D eigenvalue weighted by molar-refractivity contribution is 0.0924. The number of benzene rings is 1. The molecule has 2 aliphatic rings. The van der Waals surface area contributed by atoms with Gasteiger partial charge in [0.15, 0.2) is 5.78 Å². The number of hydrogen-bond donors (Lipinski definition) is 0. The Morgan fingerprint density at radius 1 is 1.05 bits per heavy atom. The van der Waals surface area contributed by atoms with E-state index >= 15 is 0 Å². The summed E-state index contributed by atoms with van der Waals surface area (Å²) in [6.07, 6.45) is 5.42. The number of halogens is 1. The SMILES string of the molecule is O=C(CN(CC1CC1)CC1CC1)c1ccc(Br)cc1. The molecule has 0 atom stereocenters. The predicted octanol–water partition coefficient (Wildman–Crippen LogP) is 3.75. The van der Waals surface area contributed by atoms with Gasteiger partial charge < -0.3 is 0 Å². The summed E-state index contributed by atoms with van der Waals surface area (Å²) in [5.74, 6) is 1.97. The Morgan fingerprint density at radius 2 is 1.58 bits per heavy atom. The fourth-order valence-electron chi connectivity index (χ4n) is 2.46. The molecule has 2 nitrogen and oxygen atoms in total. The van der Waals surface area contributed by atoms with Gasteiger partial charge in [0.2, 0.25) is 0 Å². The topological polar surface area (TPSA) is 20.3 Å². The Hall–Kier alpha value is -0.670. The van der Waals surface area contributed by atoms with Crippen molar-refractivity contribution in [2.75, 3.05) is 19.6 Å². The zero-order valence-corrected chi connectivity index (χ0v) is 12.7. The first kappa shape index (κ1) is 13.3. The maximum Gasteiger partial charge on any atom is 0.176 e. The molecule has 102 valence electrons. The van der Waals surface area contributed by atoms with Crippen LogP contribution in [0.1, 0.15) is 36.0 Å². The molecule has 0 spiro atoms. The molecular formula is C16H20BrNO. The standard InChI is InChI=1S/C16H20BrNO/c17-15-7-5-14(6-8-15)16(19)11-18(9-12-1-2-12)10-13-3-4-13/h5-8,12-13H,1-4,9-11H2. The smallest absolute Gasteiger partial charge is 0.176 e. The number of nitrogens with zero attached hydrogens (tertiary/aromatic N) is 1. The normalized spacial score (nSPS) is 18.8. The first-order valence-electron chi connectivity index (χ1n) is 7.22. The van der Waals surface area contributed by atoms with Crippen LogP contribution in [-0.4, -0.2) is 30.3 Å². The predicted molar refractivity (Wildman–Crippen MR) is 80.4 cm³/mol. The molecule has 0 radical (unpaired) electrons. The van der Waals surface area contributed by atoms with Crippen LogP contribution in [-0.2, 0) is 0 Å². The van der Waals surface area contributed by atoms with Gasteiger partial charge in [0.25, 0.3) is 0 Å². The Morgan fingerprint density at radius 3 is 2.05 bits per heavy atom. The number of rotatable bonds is 7. The molecule has 19 heavy (non-hydrogen) atoms. The Balaban J connectivity index is 1.59. The van der Waals surface area contributed by atoms with Crippen molar-refractivity contribution in [3.8, 4) is 0 Å². The minimum Gasteiger partial charge on any atom is -0.295 e. The lowest BCUT2D eigenvalue weighted by atomic mass is 10.1. The third kappa shape index (κ3) is 4.15. The fraction of sp³-hybridized carbons (Fsp3) is 0.562. The highest BCUT2D eigenvalue weighted by molar-refractivity contribution is 9.10. The van der Waals surface area contributed by atoms with E-state index in [1.807, 2.05) is 24.3 Å². The van der Waals surface area contributed by atoms with Crippen molar-refractivity contribution in [2.45, 2.75) is 25.7 Å². The van der Waals surface area contributed by atoms with Crippen LogP contribution < -0.4 is 0 Å². The first-order valence-corrected chi connectivity index (χ1v) is 8.01. The minimum absolute atomic E-state index is 0.258. The highest BCUT2D eigenvalue weighted by atomic mass is 79.9. The van der Waals surface area contributed by atoms with Crippen LogP contribution >= 0.6 is 15.9 Å². The van der Waals surface area contributed by atoms with E-state index in [2.05, 4.69) is 20.8 Å². The highest BCUT2D eigenvalue weighted by Crippen LogP contribution is 2.33. The van der Waals surface area contributed by atoms with Crippen molar-refractivity contribution >= 4 is 21.7 Å². The monoisotopic (exact) mass is 321 g/mol. The van der Waals surface area contributed by atoms with Crippen LogP contribution in [0.5, 0.6) is 0 Å². The third-order valence-corrected chi connectivity index (χ3v) is 4.49. The van der Waals surface area contributed by atoms with Gasteiger partial charge in [0.1, 0.15) is 0 Å². The van der Waals surface area contributed by atoms with E-state index in [0.717, 1.165) is 35.0 Å². The van der Waals surface area contributed by atoms with Gasteiger partial charge in [-0.3, -0.25) is 9.69 Å². The number of ketones is 1. The lowest BCUT2D eigenvalue weighted by Crippen LogP contribution is -2.33. The second kappa shape index (κ2) is 5.76. The molecule has 0 aromatic heterocycles. The summed E-state index contributed by atoms with van der Waals surface area (Å²) >= 11 is 3.41. The van der Waals surface area contributed by atoms with Crippen LogP contribution in [0.4, 0.5) is 0 Å². The summed E-state index contributed by atoms with van der Waals surface area (Å²) in [6.45, 7) is 2.84. The maximum absolute atomic E-state index is 12.3. The van der Waals surface area contributed by atoms with Gasteiger partial charge in [-0.1, -0.05) is 28.1 Å². The van der Waals surface area contributed by atoms with Crippen LogP contribution in [0.15, 0.2) is 28.7 Å². The van der Waals surface area contributed by atoms with E-state index in [1.165, 1.54) is 25.7 Å². The van der Waals surface area contributed by atoms with Crippen LogP contribution in [0.3, 0.4) is 0 Å². The highest BCUT2D eigenvalue weighted by Gasteiger charge is 2.30. The van der Waals surface area contributed by atoms with Crippen molar-refractivity contribution < 1.29 is 4.79 Å². The average molecular weight is 322 g/mol. The molecule has 3 heteroatoms. The molecule has 0 unspecified atom stereocenters. The molecule has 0 bridgehead atoms. The maximum atomic E-state index is 12.3. The number of hydrogen-bond acceptors (Lipinski definition) is 2. The summed E-state index contributed by atoms with van der Waals surface area (Å²) in [5, 5.41) is 0. The van der Waals surface area contributed by atoms with E-state index in [9.17, 15) is 4.79 Å². The Bertz CT molecular complexity index is 434. The molecule has 0 saturated heterocycles. The third-order valence-electron chi connectivity index (χ3n) is 3.96. The van der Waals surface area contributed by atoms with E-state index in [4.69, 9.17) is 0 Å². The summed E-state index contributed by atoms with van der Waals surface area (Å²) in [7, 11) is 0. The van der Waals surface area contributed by atoms with Crippen molar-refractivity contribution in [1.29, 1.82) is 0 Å². The second-order valence-corrected chi connectivity index (χ2v) is 6.93. The van der Waals surface area contributed by atoms with Crippen LogP contribution in [0.25, 0.3) is 0 Å². The number of carbonyl (C=O) groups excluding carboxylic acids is 1. The van der Waals surface area contributed by atoms with E-state index in [-0.39, 0.29) is 5.78 Å². The minimum atomic E-state index is 0.258. The van der Waals surface area contributed by atoms with E-state index < -0.39 is 0 Å². The van der Waals surface area contributed by atoms with Crippen molar-refractivity contribution in [3.05, 3.63) is 34.3 Å². The number of carbonyl (C=O) groups is 1. The quantitative estimate of drug-likeness (QED) is 0.713. The Kier molecular flexibility index (Phi) is 4.04. The lowest BCUT2D eigenvalue weighted by Gasteiger charge is -2.21. The summed E-state index contributed by atoms with van der Waals surface area (Å²) < 4.78 is 1.02. The molecule has 1 aromatic rings. The van der Waals surface area contributed by atoms with Crippen molar-refractivity contribution in [1.82, 2.24) is 4.90 Å². The largest absolute Gasteiger partial charge is 0.295 e. The van der Waals surface area contributed by atoms with Crippen molar-refractivity contribution in [3.63, 3.8) is 0 Å². The Labute approximate surface area is 123 Å². The van der Waals surface area contributed by atoms with Crippen LogP contribution in [0.2, 0.25) is 0 Å². The van der Waals surface area contributed by atoms with Gasteiger partial charge in [0, 0.05) is 23.1 Å². The molecule has 0 N–H and O–H groups in total. The average Bonchev–Trinajstić information content (AvgIpc) is 3.26. The second-order valence-electron chi connectivity index (χ2n) is 6.01. The molecule has 0 heterocycles.